The van der Waals surface area contributed by atoms with Crippen LogP contribution in [0.5, 0.6) is 0 Å². The van der Waals surface area contributed by atoms with E-state index < -0.39 is 0 Å². The van der Waals surface area contributed by atoms with Crippen molar-refractivity contribution >= 4 is 5.78 Å². The highest BCUT2D eigenvalue weighted by Gasteiger charge is 2.23. The second-order valence-corrected chi connectivity index (χ2v) is 3.39. The van der Waals surface area contributed by atoms with Crippen LogP contribution in [0.15, 0.2) is 24.3 Å². The van der Waals surface area contributed by atoms with E-state index in [0.717, 1.165) is 17.5 Å². The fraction of sp³-hybridized carbons (Fsp3) is 0.364. The Morgan fingerprint density at radius 1 is 1.38 bits per heavy atom. The van der Waals surface area contributed by atoms with Crippen molar-refractivity contribution in [2.45, 2.75) is 18.9 Å². The first-order valence-corrected chi connectivity index (χ1v) is 4.62. The van der Waals surface area contributed by atoms with Crippen LogP contribution >= 0.6 is 0 Å². The number of rotatable bonds is 1. The molecule has 0 spiro atoms. The molecule has 2 heteroatoms. The van der Waals surface area contributed by atoms with Gasteiger partial charge in [0, 0.05) is 18.0 Å². The molecule has 0 heterocycles. The van der Waals surface area contributed by atoms with Gasteiger partial charge in [-0.1, -0.05) is 24.3 Å². The minimum Gasteiger partial charge on any atom is -0.313 e. The smallest absolute Gasteiger partial charge is 0.163 e. The van der Waals surface area contributed by atoms with Crippen molar-refractivity contribution in [2.24, 2.45) is 0 Å². The Labute approximate surface area is 78.0 Å². The van der Waals surface area contributed by atoms with E-state index in [-0.39, 0.29) is 5.78 Å². The molecule has 1 aromatic carbocycles. The average molecular weight is 175 g/mol. The van der Waals surface area contributed by atoms with E-state index in [2.05, 4.69) is 5.32 Å². The number of carbonyl (C=O) groups is 1. The quantitative estimate of drug-likeness (QED) is 0.706. The first-order chi connectivity index (χ1) is 6.33. The van der Waals surface area contributed by atoms with Crippen LogP contribution in [0, 0.1) is 0 Å². The van der Waals surface area contributed by atoms with Gasteiger partial charge in [-0.05, 0) is 19.0 Å². The number of hydrogen-bond donors (Lipinski definition) is 1. The molecule has 0 saturated carbocycles. The average Bonchev–Trinajstić information content (AvgIpc) is 2.19. The molecule has 0 aliphatic heterocycles. The minimum atomic E-state index is 0.280. The summed E-state index contributed by atoms with van der Waals surface area (Å²) in [4.78, 5) is 11.5. The number of carbonyl (C=O) groups excluding carboxylic acids is 1. The molecule has 1 aliphatic rings. The summed E-state index contributed by atoms with van der Waals surface area (Å²) in [6.07, 6.45) is 1.59. The molecule has 0 saturated heterocycles. The highest BCUT2D eigenvalue weighted by Crippen LogP contribution is 2.28. The number of benzene rings is 1. The maximum absolute atomic E-state index is 11.5. The van der Waals surface area contributed by atoms with Gasteiger partial charge in [0.1, 0.15) is 0 Å². The van der Waals surface area contributed by atoms with E-state index in [4.69, 9.17) is 0 Å². The molecular weight excluding hydrogens is 162 g/mol. The molecule has 0 aromatic heterocycles. The third kappa shape index (κ3) is 1.38. The van der Waals surface area contributed by atoms with Crippen molar-refractivity contribution in [1.82, 2.24) is 5.32 Å². The first kappa shape index (κ1) is 8.45. The molecule has 0 radical (unpaired) electrons. The van der Waals surface area contributed by atoms with Gasteiger partial charge in [-0.2, -0.15) is 0 Å². The van der Waals surface area contributed by atoms with Gasteiger partial charge >= 0.3 is 0 Å². The molecule has 1 aromatic rings. The van der Waals surface area contributed by atoms with E-state index in [1.54, 1.807) is 0 Å². The van der Waals surface area contributed by atoms with Crippen molar-refractivity contribution in [2.75, 3.05) is 7.05 Å². The molecule has 0 fully saturated rings. The van der Waals surface area contributed by atoms with Crippen LogP contribution in [-0.2, 0) is 0 Å². The number of ketones is 1. The van der Waals surface area contributed by atoms with Crippen molar-refractivity contribution in [3.05, 3.63) is 35.4 Å². The summed E-state index contributed by atoms with van der Waals surface area (Å²) >= 11 is 0. The maximum Gasteiger partial charge on any atom is 0.163 e. The lowest BCUT2D eigenvalue weighted by Crippen LogP contribution is -2.24. The molecule has 0 bridgehead atoms. The Bertz CT molecular complexity index is 333. The zero-order chi connectivity index (χ0) is 9.26. The lowest BCUT2D eigenvalue weighted by molar-refractivity contribution is 0.0964. The zero-order valence-electron chi connectivity index (χ0n) is 7.71. The van der Waals surface area contributed by atoms with Crippen molar-refractivity contribution in [1.29, 1.82) is 0 Å². The van der Waals surface area contributed by atoms with Gasteiger partial charge in [0.15, 0.2) is 5.78 Å². The van der Waals surface area contributed by atoms with Crippen molar-refractivity contribution in [3.63, 3.8) is 0 Å². The number of hydrogen-bond acceptors (Lipinski definition) is 2. The summed E-state index contributed by atoms with van der Waals surface area (Å²) < 4.78 is 0. The summed E-state index contributed by atoms with van der Waals surface area (Å²) in [5.74, 6) is 0.280. The van der Waals surface area contributed by atoms with E-state index in [0.29, 0.717) is 12.5 Å². The molecule has 68 valence electrons. The standard InChI is InChI=1S/C11H13NO/c1-12-10-6-7-11(13)9-5-3-2-4-8(9)10/h2-5,10,12H,6-7H2,1H3. The van der Waals surface area contributed by atoms with Gasteiger partial charge in [-0.15, -0.1) is 0 Å². The third-order valence-electron chi connectivity index (χ3n) is 2.65. The highest BCUT2D eigenvalue weighted by molar-refractivity contribution is 5.98. The van der Waals surface area contributed by atoms with Gasteiger partial charge in [-0.3, -0.25) is 4.79 Å². The number of nitrogens with one attached hydrogen (secondary N) is 1. The molecule has 0 amide bonds. The van der Waals surface area contributed by atoms with E-state index in [1.807, 2.05) is 31.3 Å². The van der Waals surface area contributed by atoms with Gasteiger partial charge in [0.2, 0.25) is 0 Å². The van der Waals surface area contributed by atoms with Crippen LogP contribution in [0.1, 0.15) is 34.8 Å². The topological polar surface area (TPSA) is 29.1 Å². The molecule has 1 unspecified atom stereocenters. The van der Waals surface area contributed by atoms with Gasteiger partial charge in [-0.25, -0.2) is 0 Å². The molecular formula is C11H13NO. The van der Waals surface area contributed by atoms with Crippen molar-refractivity contribution in [3.8, 4) is 0 Å². The van der Waals surface area contributed by atoms with Crippen LogP contribution in [0.25, 0.3) is 0 Å². The second-order valence-electron chi connectivity index (χ2n) is 3.39. The summed E-state index contributed by atoms with van der Waals surface area (Å²) in [5, 5.41) is 3.23. The van der Waals surface area contributed by atoms with Crippen LogP contribution in [0.2, 0.25) is 0 Å². The SMILES string of the molecule is CNC1CCC(=O)c2ccccc21. The van der Waals surface area contributed by atoms with Gasteiger partial charge in [0.25, 0.3) is 0 Å². The molecule has 2 nitrogen and oxygen atoms in total. The van der Waals surface area contributed by atoms with Crippen LogP contribution in [-0.4, -0.2) is 12.8 Å². The Morgan fingerprint density at radius 3 is 2.92 bits per heavy atom. The zero-order valence-corrected chi connectivity index (χ0v) is 7.71. The lowest BCUT2D eigenvalue weighted by atomic mass is 9.87. The summed E-state index contributed by atoms with van der Waals surface area (Å²) in [6.45, 7) is 0. The molecule has 1 N–H and O–H groups in total. The van der Waals surface area contributed by atoms with Crippen LogP contribution in [0.4, 0.5) is 0 Å². The Balaban J connectivity index is 2.47. The third-order valence-corrected chi connectivity index (χ3v) is 2.65. The van der Waals surface area contributed by atoms with E-state index in [1.165, 1.54) is 0 Å². The van der Waals surface area contributed by atoms with E-state index in [9.17, 15) is 4.79 Å². The predicted octanol–water partition coefficient (Wildman–Crippen LogP) is 1.92. The second kappa shape index (κ2) is 3.30. The Kier molecular flexibility index (Phi) is 2.15. The highest BCUT2D eigenvalue weighted by atomic mass is 16.1. The summed E-state index contributed by atoms with van der Waals surface area (Å²) in [5.41, 5.74) is 2.05. The first-order valence-electron chi connectivity index (χ1n) is 4.62. The lowest BCUT2D eigenvalue weighted by Gasteiger charge is -2.23. The number of Topliss-reactive ketones (excluding diaryl/α,β-unsaturated/α-hetero) is 1. The molecule has 1 aliphatic carbocycles. The normalized spacial score (nSPS) is 21.3. The maximum atomic E-state index is 11.5. The predicted molar refractivity (Wildman–Crippen MR) is 51.8 cm³/mol. The van der Waals surface area contributed by atoms with E-state index >= 15 is 0 Å². The molecule has 2 rings (SSSR count). The van der Waals surface area contributed by atoms with Gasteiger partial charge in [0.05, 0.1) is 0 Å². The van der Waals surface area contributed by atoms with Crippen molar-refractivity contribution < 1.29 is 4.79 Å². The summed E-state index contributed by atoms with van der Waals surface area (Å²) in [7, 11) is 1.94. The summed E-state index contributed by atoms with van der Waals surface area (Å²) in [6, 6.07) is 8.22. The fourth-order valence-corrected chi connectivity index (χ4v) is 1.92. The molecule has 13 heavy (non-hydrogen) atoms. The largest absolute Gasteiger partial charge is 0.313 e. The Hall–Kier alpha value is -1.15. The molecule has 1 atom stereocenters. The fourth-order valence-electron chi connectivity index (χ4n) is 1.92. The number of fused-ring (bicyclic) bond motifs is 1. The van der Waals surface area contributed by atoms with Crippen LogP contribution in [0.3, 0.4) is 0 Å². The monoisotopic (exact) mass is 175 g/mol. The Morgan fingerprint density at radius 2 is 2.15 bits per heavy atom. The minimum absolute atomic E-state index is 0.280. The van der Waals surface area contributed by atoms with Crippen LogP contribution < -0.4 is 5.32 Å². The van der Waals surface area contributed by atoms with Gasteiger partial charge < -0.3 is 5.32 Å².